The average molecular weight is 497 g/mol. The first-order valence-electron chi connectivity index (χ1n) is 11.9. The Hall–Kier alpha value is -3.75. The number of hydrogen-bond acceptors (Lipinski definition) is 5. The molecule has 0 saturated carbocycles. The highest BCUT2D eigenvalue weighted by Gasteiger charge is 2.43. The quantitative estimate of drug-likeness (QED) is 0.571. The summed E-state index contributed by atoms with van der Waals surface area (Å²) in [6.45, 7) is 2.11. The zero-order valence-electron chi connectivity index (χ0n) is 19.8. The van der Waals surface area contributed by atoms with Gasteiger partial charge in [0.25, 0.3) is 0 Å². The zero-order chi connectivity index (χ0) is 25.3. The molecule has 6 nitrogen and oxygen atoms in total. The maximum atomic E-state index is 13.5. The highest BCUT2D eigenvalue weighted by atomic mass is 19.4. The number of para-hydroxylation sites is 2. The van der Waals surface area contributed by atoms with E-state index in [0.29, 0.717) is 31.7 Å². The molecule has 5 rings (SSSR count). The Morgan fingerprint density at radius 2 is 1.86 bits per heavy atom. The Labute approximate surface area is 207 Å². The number of rotatable bonds is 5. The van der Waals surface area contributed by atoms with E-state index in [2.05, 4.69) is 20.1 Å². The van der Waals surface area contributed by atoms with Gasteiger partial charge in [0.1, 0.15) is 5.75 Å². The van der Waals surface area contributed by atoms with Crippen LogP contribution in [0.2, 0.25) is 0 Å². The molecule has 3 heterocycles. The van der Waals surface area contributed by atoms with Crippen LogP contribution in [0.4, 0.5) is 24.5 Å². The number of carbonyl (C=O) groups is 1. The van der Waals surface area contributed by atoms with Crippen LogP contribution < -0.4 is 19.9 Å². The molecule has 36 heavy (non-hydrogen) atoms. The van der Waals surface area contributed by atoms with Crippen molar-refractivity contribution in [2.24, 2.45) is 5.92 Å². The van der Waals surface area contributed by atoms with Crippen LogP contribution in [-0.4, -0.2) is 43.7 Å². The van der Waals surface area contributed by atoms with E-state index >= 15 is 0 Å². The van der Waals surface area contributed by atoms with Crippen LogP contribution in [0.15, 0.2) is 67.0 Å². The number of fused-ring (bicyclic) bond motifs is 3. The lowest BCUT2D eigenvalue weighted by Gasteiger charge is -2.49. The number of carbonyl (C=O) groups excluding carboxylic acids is 1. The van der Waals surface area contributed by atoms with Crippen molar-refractivity contribution in [3.05, 3.63) is 83.7 Å². The summed E-state index contributed by atoms with van der Waals surface area (Å²) in [5.74, 6) is 0.0581. The standard InChI is InChI=1S/C27H27F3N4O2/c1-36-25-5-3-2-4-23(25)33-12-13-34-22-7-6-20(27(28,29)30)14-19(22)15-21(24(34)17-33)26(35)32-16-18-8-10-31-11-9-18/h2-11,14,21,24H,12-13,15-17H2,1H3,(H,32,35)/t21-,24+/m1/s1. The molecular weight excluding hydrogens is 469 g/mol. The van der Waals surface area contributed by atoms with Gasteiger partial charge in [-0.3, -0.25) is 9.78 Å². The molecule has 1 fully saturated rings. The second-order valence-electron chi connectivity index (χ2n) is 9.10. The third kappa shape index (κ3) is 4.69. The predicted molar refractivity (Wildman–Crippen MR) is 131 cm³/mol. The van der Waals surface area contributed by atoms with Crippen molar-refractivity contribution in [1.82, 2.24) is 10.3 Å². The lowest BCUT2D eigenvalue weighted by atomic mass is 9.82. The summed E-state index contributed by atoms with van der Waals surface area (Å²) in [5, 5.41) is 3.00. The minimum atomic E-state index is -4.44. The Bertz CT molecular complexity index is 1240. The number of anilines is 2. The van der Waals surface area contributed by atoms with E-state index in [-0.39, 0.29) is 18.4 Å². The van der Waals surface area contributed by atoms with Crippen molar-refractivity contribution in [2.45, 2.75) is 25.2 Å². The molecule has 2 aliphatic rings. The molecule has 1 N–H and O–H groups in total. The van der Waals surface area contributed by atoms with Gasteiger partial charge in [0.05, 0.1) is 30.3 Å². The van der Waals surface area contributed by atoms with Gasteiger partial charge >= 0.3 is 6.18 Å². The maximum Gasteiger partial charge on any atom is 0.416 e. The third-order valence-corrected chi connectivity index (χ3v) is 7.02. The Morgan fingerprint density at radius 3 is 2.61 bits per heavy atom. The summed E-state index contributed by atoms with van der Waals surface area (Å²) in [7, 11) is 1.62. The molecule has 9 heteroatoms. The number of piperazine rings is 1. The number of hydrogen-bond donors (Lipinski definition) is 1. The number of aromatic nitrogens is 1. The van der Waals surface area contributed by atoms with Crippen LogP contribution in [-0.2, 0) is 23.9 Å². The molecule has 2 atom stereocenters. The summed E-state index contributed by atoms with van der Waals surface area (Å²) >= 11 is 0. The van der Waals surface area contributed by atoms with E-state index < -0.39 is 17.7 Å². The van der Waals surface area contributed by atoms with Crippen molar-refractivity contribution in [2.75, 3.05) is 36.5 Å². The van der Waals surface area contributed by atoms with Gasteiger partial charge in [0.15, 0.2) is 0 Å². The topological polar surface area (TPSA) is 57.7 Å². The average Bonchev–Trinajstić information content (AvgIpc) is 2.90. The third-order valence-electron chi connectivity index (χ3n) is 7.02. The maximum absolute atomic E-state index is 13.5. The van der Waals surface area contributed by atoms with Gasteiger partial charge in [-0.1, -0.05) is 12.1 Å². The zero-order valence-corrected chi connectivity index (χ0v) is 19.8. The highest BCUT2D eigenvalue weighted by Crippen LogP contribution is 2.41. The Morgan fingerprint density at radius 1 is 1.08 bits per heavy atom. The van der Waals surface area contributed by atoms with Gasteiger partial charge in [0.2, 0.25) is 5.91 Å². The summed E-state index contributed by atoms with van der Waals surface area (Å²) < 4.78 is 45.9. The van der Waals surface area contributed by atoms with Gasteiger partial charge in [-0.15, -0.1) is 0 Å². The molecule has 0 spiro atoms. The largest absolute Gasteiger partial charge is 0.495 e. The van der Waals surface area contributed by atoms with Crippen LogP contribution in [0.1, 0.15) is 16.7 Å². The van der Waals surface area contributed by atoms with Gasteiger partial charge in [0, 0.05) is 44.3 Å². The molecule has 3 aromatic rings. The van der Waals surface area contributed by atoms with Crippen LogP contribution in [0.25, 0.3) is 0 Å². The number of pyridine rings is 1. The monoisotopic (exact) mass is 496 g/mol. The fourth-order valence-electron chi connectivity index (χ4n) is 5.23. The minimum Gasteiger partial charge on any atom is -0.495 e. The first-order valence-corrected chi connectivity index (χ1v) is 11.9. The van der Waals surface area contributed by atoms with Crippen LogP contribution >= 0.6 is 0 Å². The van der Waals surface area contributed by atoms with Crippen molar-refractivity contribution in [1.29, 1.82) is 0 Å². The first-order chi connectivity index (χ1) is 17.3. The number of nitrogens with one attached hydrogen (secondary N) is 1. The summed E-state index contributed by atoms with van der Waals surface area (Å²) in [6, 6.07) is 15.0. The summed E-state index contributed by atoms with van der Waals surface area (Å²) in [6.07, 6.45) is -0.883. The fraction of sp³-hybridized carbons (Fsp3) is 0.333. The van der Waals surface area contributed by atoms with Crippen LogP contribution in [0, 0.1) is 5.92 Å². The number of methoxy groups -OCH3 is 1. The minimum absolute atomic E-state index is 0.174. The second-order valence-corrected chi connectivity index (χ2v) is 9.10. The number of benzene rings is 2. The van der Waals surface area contributed by atoms with E-state index in [9.17, 15) is 18.0 Å². The molecule has 1 amide bonds. The van der Waals surface area contributed by atoms with Crippen molar-refractivity contribution in [3.8, 4) is 5.75 Å². The molecule has 0 aliphatic carbocycles. The number of alkyl halides is 3. The fourth-order valence-corrected chi connectivity index (χ4v) is 5.23. The smallest absolute Gasteiger partial charge is 0.416 e. The lowest BCUT2D eigenvalue weighted by molar-refractivity contribution is -0.137. The van der Waals surface area contributed by atoms with E-state index in [1.54, 1.807) is 25.6 Å². The van der Waals surface area contributed by atoms with E-state index in [4.69, 9.17) is 4.74 Å². The van der Waals surface area contributed by atoms with Gasteiger partial charge in [-0.2, -0.15) is 13.2 Å². The molecular formula is C27H27F3N4O2. The van der Waals surface area contributed by atoms with Gasteiger partial charge in [-0.25, -0.2) is 0 Å². The predicted octanol–water partition coefficient (Wildman–Crippen LogP) is 4.29. The Kier molecular flexibility index (Phi) is 6.47. The van der Waals surface area contributed by atoms with E-state index in [0.717, 1.165) is 28.8 Å². The number of nitrogens with zero attached hydrogens (tertiary/aromatic N) is 3. The SMILES string of the molecule is COc1ccccc1N1CCN2c3ccc(C(F)(F)F)cc3C[C@@H](C(=O)NCc3ccncc3)[C@@H]2C1. The van der Waals surface area contributed by atoms with Gasteiger partial charge in [-0.05, 0) is 60.0 Å². The highest BCUT2D eigenvalue weighted by molar-refractivity contribution is 5.82. The van der Waals surface area contributed by atoms with Crippen molar-refractivity contribution < 1.29 is 22.7 Å². The molecule has 1 saturated heterocycles. The van der Waals surface area contributed by atoms with Crippen molar-refractivity contribution in [3.63, 3.8) is 0 Å². The van der Waals surface area contributed by atoms with E-state index in [1.165, 1.54) is 6.07 Å². The molecule has 2 aliphatic heterocycles. The first kappa shape index (κ1) is 24.0. The molecule has 1 aromatic heterocycles. The normalized spacial score (nSPS) is 19.3. The van der Waals surface area contributed by atoms with Crippen LogP contribution in [0.5, 0.6) is 5.75 Å². The van der Waals surface area contributed by atoms with E-state index in [1.807, 2.05) is 36.4 Å². The Balaban J connectivity index is 1.46. The van der Waals surface area contributed by atoms with Crippen LogP contribution in [0.3, 0.4) is 0 Å². The number of ether oxygens (including phenoxy) is 1. The van der Waals surface area contributed by atoms with Crippen molar-refractivity contribution >= 4 is 17.3 Å². The molecule has 188 valence electrons. The molecule has 2 aromatic carbocycles. The number of amides is 1. The molecule has 0 unspecified atom stereocenters. The lowest BCUT2D eigenvalue weighted by Crippen LogP contribution is -2.61. The molecule has 0 radical (unpaired) electrons. The number of halogens is 3. The summed E-state index contributed by atoms with van der Waals surface area (Å²) in [4.78, 5) is 21.8. The second kappa shape index (κ2) is 9.72. The van der Waals surface area contributed by atoms with Gasteiger partial charge < -0.3 is 19.9 Å². The molecule has 0 bridgehead atoms. The summed E-state index contributed by atoms with van der Waals surface area (Å²) in [5.41, 5.74) is 2.48.